The van der Waals surface area contributed by atoms with Crippen molar-refractivity contribution in [2.45, 2.75) is 62.8 Å². The molecule has 125 valence electrons. The van der Waals surface area contributed by atoms with Crippen LogP contribution in [0.4, 0.5) is 0 Å². The first-order chi connectivity index (χ1) is 9.38. The Labute approximate surface area is 166 Å². The van der Waals surface area contributed by atoms with Gasteiger partial charge in [0.05, 0.1) is 0 Å². The maximum atomic E-state index is 3.15. The minimum atomic E-state index is 0. The first kappa shape index (κ1) is 33.2. The van der Waals surface area contributed by atoms with E-state index in [-0.39, 0.29) is 47.6 Å². The van der Waals surface area contributed by atoms with Crippen LogP contribution in [0.2, 0.25) is 0 Å². The minimum absolute atomic E-state index is 0. The second-order valence-corrected chi connectivity index (χ2v) is 3.26. The van der Waals surface area contributed by atoms with Crippen LogP contribution in [0, 0.1) is 12.1 Å². The predicted molar refractivity (Wildman–Crippen MR) is 102 cm³/mol. The number of hydrogen-bond donors (Lipinski definition) is 0. The third-order valence-electron chi connectivity index (χ3n) is 1.71. The van der Waals surface area contributed by atoms with Gasteiger partial charge in [0.2, 0.25) is 0 Å². The van der Waals surface area contributed by atoms with Gasteiger partial charge >= 0.3 is 0 Å². The molecule has 0 fully saturated rings. The zero-order valence-corrected chi connectivity index (χ0v) is 16.7. The predicted octanol–water partition coefficient (Wildman–Crippen LogP) is 7.69. The first-order valence-corrected chi connectivity index (χ1v) is 7.32. The largest absolute Gasteiger partial charge is 0.226 e. The summed E-state index contributed by atoms with van der Waals surface area (Å²) in [4.78, 5) is 0. The van der Waals surface area contributed by atoms with Gasteiger partial charge in [0.25, 0.3) is 0 Å². The molecule has 2 rings (SSSR count). The van der Waals surface area contributed by atoms with Crippen molar-refractivity contribution in [2.24, 2.45) is 0 Å². The SMILES string of the molecule is C.C.CC.CC.CCC.[Y].[c-]1ccccc1-c1[c-]cccc1. The van der Waals surface area contributed by atoms with Crippen molar-refractivity contribution in [3.8, 4) is 11.1 Å². The molecule has 0 bridgehead atoms. The summed E-state index contributed by atoms with van der Waals surface area (Å²) >= 11 is 0. The van der Waals surface area contributed by atoms with Crippen molar-refractivity contribution in [3.05, 3.63) is 60.7 Å². The van der Waals surface area contributed by atoms with Crippen LogP contribution in [0.25, 0.3) is 11.1 Å². The van der Waals surface area contributed by atoms with Gasteiger partial charge < -0.3 is 0 Å². The van der Waals surface area contributed by atoms with Crippen molar-refractivity contribution in [2.75, 3.05) is 0 Å². The van der Waals surface area contributed by atoms with Crippen molar-refractivity contribution in [1.29, 1.82) is 0 Å². The monoisotopic (exact) mass is 377 g/mol. The molecule has 1 heteroatoms. The molecule has 0 saturated heterocycles. The average Bonchev–Trinajstić information content (AvgIpc) is 2.54. The molecular weight excluding hydrogens is 341 g/mol. The molecule has 0 atom stereocenters. The van der Waals surface area contributed by atoms with Crippen LogP contribution in [-0.2, 0) is 32.7 Å². The van der Waals surface area contributed by atoms with E-state index in [1.54, 1.807) is 0 Å². The van der Waals surface area contributed by atoms with E-state index < -0.39 is 0 Å². The minimum Gasteiger partial charge on any atom is -0.226 e. The first-order valence-electron chi connectivity index (χ1n) is 7.32. The smallest absolute Gasteiger partial charge is 0 e. The van der Waals surface area contributed by atoms with Gasteiger partial charge in [-0.15, -0.1) is 12.1 Å². The second kappa shape index (κ2) is 28.7. The second-order valence-electron chi connectivity index (χ2n) is 3.26. The fourth-order valence-corrected chi connectivity index (χ4v) is 1.12. The Morgan fingerprint density at radius 2 is 0.955 bits per heavy atom. The molecule has 0 aromatic heterocycles. The third-order valence-corrected chi connectivity index (χ3v) is 1.71. The van der Waals surface area contributed by atoms with Gasteiger partial charge in [0, 0.05) is 32.7 Å². The van der Waals surface area contributed by atoms with Crippen LogP contribution in [-0.4, -0.2) is 0 Å². The summed E-state index contributed by atoms with van der Waals surface area (Å²) in [7, 11) is 0. The molecule has 2 aromatic rings. The Morgan fingerprint density at radius 3 is 1.14 bits per heavy atom. The van der Waals surface area contributed by atoms with E-state index in [0.29, 0.717) is 0 Å². The molecule has 0 spiro atoms. The van der Waals surface area contributed by atoms with Gasteiger partial charge in [-0.2, -0.15) is 48.5 Å². The average molecular weight is 377 g/mol. The molecule has 0 aliphatic heterocycles. The topological polar surface area (TPSA) is 0 Å². The molecule has 1 radical (unpaired) electrons. The normalized spacial score (nSPS) is 6.64. The van der Waals surface area contributed by atoms with E-state index >= 15 is 0 Å². The van der Waals surface area contributed by atoms with E-state index in [1.165, 1.54) is 6.42 Å². The Balaban J connectivity index is -0.0000000853. The van der Waals surface area contributed by atoms with E-state index in [2.05, 4.69) is 26.0 Å². The Bertz CT molecular complexity index is 317. The molecule has 22 heavy (non-hydrogen) atoms. The van der Waals surface area contributed by atoms with Crippen LogP contribution < -0.4 is 0 Å². The van der Waals surface area contributed by atoms with Gasteiger partial charge in [0.15, 0.2) is 0 Å². The van der Waals surface area contributed by atoms with Crippen LogP contribution in [0.1, 0.15) is 62.8 Å². The molecule has 0 unspecified atom stereocenters. The summed E-state index contributed by atoms with van der Waals surface area (Å²) in [6.45, 7) is 12.2. The molecule has 0 amide bonds. The van der Waals surface area contributed by atoms with Crippen LogP contribution in [0.3, 0.4) is 0 Å². The fraction of sp³-hybridized carbons (Fsp3) is 0.429. The maximum Gasteiger partial charge on any atom is 0 e. The number of hydrogen-bond acceptors (Lipinski definition) is 0. The van der Waals surface area contributed by atoms with E-state index in [4.69, 9.17) is 0 Å². The van der Waals surface area contributed by atoms with Crippen LogP contribution in [0.15, 0.2) is 48.5 Å². The summed E-state index contributed by atoms with van der Waals surface area (Å²) in [5, 5.41) is 0. The van der Waals surface area contributed by atoms with E-state index in [9.17, 15) is 0 Å². The van der Waals surface area contributed by atoms with E-state index in [1.807, 2.05) is 76.2 Å². The van der Waals surface area contributed by atoms with E-state index in [0.717, 1.165) is 11.1 Å². The van der Waals surface area contributed by atoms with Crippen molar-refractivity contribution in [1.82, 2.24) is 0 Å². The molecule has 0 N–H and O–H groups in total. The summed E-state index contributed by atoms with van der Waals surface area (Å²) in [6.07, 6.45) is 1.25. The summed E-state index contributed by atoms with van der Waals surface area (Å²) in [5.74, 6) is 0. The molecule has 0 nitrogen and oxygen atoms in total. The number of rotatable bonds is 1. The molecule has 0 aliphatic rings. The van der Waals surface area contributed by atoms with Crippen LogP contribution >= 0.6 is 0 Å². The van der Waals surface area contributed by atoms with Crippen LogP contribution in [0.5, 0.6) is 0 Å². The van der Waals surface area contributed by atoms with Gasteiger partial charge in [-0.25, -0.2) is 11.1 Å². The van der Waals surface area contributed by atoms with Crippen molar-refractivity contribution >= 4 is 0 Å². The van der Waals surface area contributed by atoms with Crippen molar-refractivity contribution in [3.63, 3.8) is 0 Å². The summed E-state index contributed by atoms with van der Waals surface area (Å²) in [6, 6.07) is 22.1. The zero-order valence-electron chi connectivity index (χ0n) is 13.9. The molecular formula is C21H36Y-2. The van der Waals surface area contributed by atoms with Gasteiger partial charge in [-0.05, 0) is 0 Å². The molecule has 0 heterocycles. The van der Waals surface area contributed by atoms with Crippen molar-refractivity contribution < 1.29 is 32.7 Å². The Kier molecular flexibility index (Phi) is 43.3. The third kappa shape index (κ3) is 17.6. The Hall–Kier alpha value is -0.456. The summed E-state index contributed by atoms with van der Waals surface area (Å²) < 4.78 is 0. The Morgan fingerprint density at radius 1 is 0.682 bits per heavy atom. The zero-order chi connectivity index (χ0) is 14.9. The quantitative estimate of drug-likeness (QED) is 0.447. The maximum absolute atomic E-state index is 3.15. The summed E-state index contributed by atoms with van der Waals surface area (Å²) in [5.41, 5.74) is 2.19. The van der Waals surface area contributed by atoms with Gasteiger partial charge in [-0.1, -0.05) is 62.8 Å². The standard InChI is InChI=1S/C12H8.C3H8.2C2H6.2CH4.Y/c1-3-7-11(8-4-1)12-9-5-2-6-10-12;1-3-2;2*1-2;;;/h1-7,9H;3H2,1-2H3;2*1-2H3;2*1H4;/q-2;;;;;;. The number of benzene rings is 2. The molecule has 0 saturated carbocycles. The van der Waals surface area contributed by atoms with Gasteiger partial charge in [-0.3, -0.25) is 0 Å². The molecule has 0 aliphatic carbocycles. The van der Waals surface area contributed by atoms with Gasteiger partial charge in [0.1, 0.15) is 0 Å². The molecule has 2 aromatic carbocycles. The fourth-order valence-electron chi connectivity index (χ4n) is 1.12.